The lowest BCUT2D eigenvalue weighted by Crippen LogP contribution is -2.23. The lowest BCUT2D eigenvalue weighted by atomic mass is 9.96. The van der Waals surface area contributed by atoms with Gasteiger partial charge >= 0.3 is 0 Å². The summed E-state index contributed by atoms with van der Waals surface area (Å²) in [5.74, 6) is 1.31. The van der Waals surface area contributed by atoms with Gasteiger partial charge in [-0.3, -0.25) is 9.63 Å². The molecular weight excluding hydrogens is 234 g/mol. The number of carbonyl (C=O) groups is 1. The molecule has 0 unspecified atom stereocenters. The molecular formula is C13H19NO4. The second-order valence-electron chi connectivity index (χ2n) is 3.94. The van der Waals surface area contributed by atoms with Crippen LogP contribution in [0.4, 0.5) is 0 Å². The first kappa shape index (κ1) is 14.3. The highest BCUT2D eigenvalue weighted by molar-refractivity contribution is 5.75. The SMILES string of the molecule is CONC(=O)C[C@@H](C)c1ccc(OC)cc1OC. The Kier molecular flexibility index (Phi) is 5.45. The average molecular weight is 253 g/mol. The summed E-state index contributed by atoms with van der Waals surface area (Å²) in [5, 5.41) is 0. The highest BCUT2D eigenvalue weighted by Crippen LogP contribution is 2.31. The van der Waals surface area contributed by atoms with Gasteiger partial charge < -0.3 is 9.47 Å². The number of carbonyl (C=O) groups excluding carboxylic acids is 1. The molecule has 1 amide bonds. The number of hydroxylamine groups is 1. The third-order valence-electron chi connectivity index (χ3n) is 2.68. The molecule has 0 aliphatic rings. The van der Waals surface area contributed by atoms with E-state index >= 15 is 0 Å². The van der Waals surface area contributed by atoms with Crippen molar-refractivity contribution in [2.45, 2.75) is 19.3 Å². The molecule has 0 radical (unpaired) electrons. The maximum absolute atomic E-state index is 11.4. The summed E-state index contributed by atoms with van der Waals surface area (Å²) in [6.07, 6.45) is 0.330. The van der Waals surface area contributed by atoms with Gasteiger partial charge in [-0.05, 0) is 17.5 Å². The fourth-order valence-corrected chi connectivity index (χ4v) is 1.77. The summed E-state index contributed by atoms with van der Waals surface area (Å²) < 4.78 is 10.4. The monoisotopic (exact) mass is 253 g/mol. The molecule has 1 N–H and O–H groups in total. The van der Waals surface area contributed by atoms with Crippen LogP contribution in [0.3, 0.4) is 0 Å². The molecule has 0 aliphatic carbocycles. The first-order chi connectivity index (χ1) is 8.62. The summed E-state index contributed by atoms with van der Waals surface area (Å²) in [4.78, 5) is 16.0. The molecule has 100 valence electrons. The topological polar surface area (TPSA) is 56.8 Å². The van der Waals surface area contributed by atoms with Crippen molar-refractivity contribution in [3.8, 4) is 11.5 Å². The van der Waals surface area contributed by atoms with Crippen LogP contribution in [0.15, 0.2) is 18.2 Å². The molecule has 0 fully saturated rings. The largest absolute Gasteiger partial charge is 0.497 e. The predicted octanol–water partition coefficient (Wildman–Crippen LogP) is 1.87. The van der Waals surface area contributed by atoms with E-state index in [-0.39, 0.29) is 11.8 Å². The highest BCUT2D eigenvalue weighted by atomic mass is 16.6. The molecule has 1 aromatic carbocycles. The van der Waals surface area contributed by atoms with Gasteiger partial charge in [-0.2, -0.15) is 0 Å². The van der Waals surface area contributed by atoms with Gasteiger partial charge in [0.25, 0.3) is 0 Å². The van der Waals surface area contributed by atoms with E-state index in [1.807, 2.05) is 19.1 Å². The van der Waals surface area contributed by atoms with Crippen molar-refractivity contribution in [3.05, 3.63) is 23.8 Å². The molecule has 0 saturated heterocycles. The fraction of sp³-hybridized carbons (Fsp3) is 0.462. The Morgan fingerprint density at radius 1 is 1.28 bits per heavy atom. The van der Waals surface area contributed by atoms with Crippen molar-refractivity contribution >= 4 is 5.91 Å². The number of rotatable bonds is 6. The molecule has 0 aromatic heterocycles. The molecule has 0 spiro atoms. The Hall–Kier alpha value is -1.75. The van der Waals surface area contributed by atoms with Gasteiger partial charge in [-0.25, -0.2) is 5.48 Å². The normalized spacial score (nSPS) is 11.8. The number of methoxy groups -OCH3 is 2. The standard InChI is InChI=1S/C13H19NO4/c1-9(7-13(15)14-18-4)11-6-5-10(16-2)8-12(11)17-3/h5-6,8-9H,7H2,1-4H3,(H,14,15)/t9-/m1/s1. The third-order valence-corrected chi connectivity index (χ3v) is 2.68. The number of hydrogen-bond donors (Lipinski definition) is 1. The van der Waals surface area contributed by atoms with Crippen molar-refractivity contribution in [1.82, 2.24) is 5.48 Å². The molecule has 0 saturated carbocycles. The van der Waals surface area contributed by atoms with Crippen LogP contribution in [-0.2, 0) is 9.63 Å². The molecule has 0 bridgehead atoms. The fourth-order valence-electron chi connectivity index (χ4n) is 1.77. The van der Waals surface area contributed by atoms with Crippen LogP contribution in [0.1, 0.15) is 24.8 Å². The smallest absolute Gasteiger partial charge is 0.244 e. The van der Waals surface area contributed by atoms with Gasteiger partial charge in [-0.1, -0.05) is 13.0 Å². The Bertz CT molecular complexity index is 406. The van der Waals surface area contributed by atoms with Crippen molar-refractivity contribution in [2.24, 2.45) is 0 Å². The van der Waals surface area contributed by atoms with E-state index in [0.717, 1.165) is 11.3 Å². The quantitative estimate of drug-likeness (QED) is 0.786. The van der Waals surface area contributed by atoms with E-state index in [1.165, 1.54) is 7.11 Å². The first-order valence-corrected chi connectivity index (χ1v) is 5.66. The van der Waals surface area contributed by atoms with Crippen molar-refractivity contribution in [3.63, 3.8) is 0 Å². The molecule has 1 rings (SSSR count). The Morgan fingerprint density at radius 3 is 2.56 bits per heavy atom. The van der Waals surface area contributed by atoms with Crippen LogP contribution in [0.2, 0.25) is 0 Å². The second-order valence-corrected chi connectivity index (χ2v) is 3.94. The number of nitrogens with one attached hydrogen (secondary N) is 1. The third kappa shape index (κ3) is 3.63. The van der Waals surface area contributed by atoms with Crippen LogP contribution < -0.4 is 15.0 Å². The molecule has 0 heterocycles. The minimum absolute atomic E-state index is 0.0287. The Balaban J connectivity index is 2.84. The van der Waals surface area contributed by atoms with Gasteiger partial charge in [0.05, 0.1) is 21.3 Å². The maximum atomic E-state index is 11.4. The Morgan fingerprint density at radius 2 is 2.00 bits per heavy atom. The van der Waals surface area contributed by atoms with Crippen molar-refractivity contribution in [1.29, 1.82) is 0 Å². The van der Waals surface area contributed by atoms with E-state index in [1.54, 1.807) is 20.3 Å². The minimum atomic E-state index is -0.164. The summed E-state index contributed by atoms with van der Waals surface area (Å²) in [6, 6.07) is 5.56. The van der Waals surface area contributed by atoms with E-state index in [0.29, 0.717) is 12.2 Å². The Labute approximate surface area is 107 Å². The number of benzene rings is 1. The zero-order chi connectivity index (χ0) is 13.5. The van der Waals surface area contributed by atoms with E-state index in [2.05, 4.69) is 10.3 Å². The van der Waals surface area contributed by atoms with Gasteiger partial charge in [0, 0.05) is 12.5 Å². The minimum Gasteiger partial charge on any atom is -0.497 e. The number of amides is 1. The molecule has 0 aliphatic heterocycles. The van der Waals surface area contributed by atoms with E-state index in [9.17, 15) is 4.79 Å². The van der Waals surface area contributed by atoms with Gasteiger partial charge in [0.1, 0.15) is 11.5 Å². The summed E-state index contributed by atoms with van der Waals surface area (Å²) in [7, 11) is 4.61. The van der Waals surface area contributed by atoms with Gasteiger partial charge in [0.2, 0.25) is 5.91 Å². The number of hydrogen-bond acceptors (Lipinski definition) is 4. The lowest BCUT2D eigenvalue weighted by molar-refractivity contribution is -0.131. The molecule has 1 aromatic rings. The molecule has 5 nitrogen and oxygen atoms in total. The van der Waals surface area contributed by atoms with Gasteiger partial charge in [-0.15, -0.1) is 0 Å². The highest BCUT2D eigenvalue weighted by Gasteiger charge is 2.15. The first-order valence-electron chi connectivity index (χ1n) is 5.66. The van der Waals surface area contributed by atoms with Gasteiger partial charge in [0.15, 0.2) is 0 Å². The molecule has 1 atom stereocenters. The van der Waals surface area contributed by atoms with Crippen LogP contribution in [0.5, 0.6) is 11.5 Å². The molecule has 5 heteroatoms. The van der Waals surface area contributed by atoms with E-state index < -0.39 is 0 Å². The lowest BCUT2D eigenvalue weighted by Gasteiger charge is -2.16. The van der Waals surface area contributed by atoms with Crippen LogP contribution in [0.25, 0.3) is 0 Å². The summed E-state index contributed by atoms with van der Waals surface area (Å²) in [6.45, 7) is 1.96. The van der Waals surface area contributed by atoms with Crippen LogP contribution in [-0.4, -0.2) is 27.2 Å². The average Bonchev–Trinajstić information content (AvgIpc) is 2.38. The van der Waals surface area contributed by atoms with Crippen molar-refractivity contribution in [2.75, 3.05) is 21.3 Å². The second kappa shape index (κ2) is 6.86. The van der Waals surface area contributed by atoms with Crippen LogP contribution in [0, 0.1) is 0 Å². The van der Waals surface area contributed by atoms with E-state index in [4.69, 9.17) is 9.47 Å². The summed E-state index contributed by atoms with van der Waals surface area (Å²) in [5.41, 5.74) is 3.26. The summed E-state index contributed by atoms with van der Waals surface area (Å²) >= 11 is 0. The zero-order valence-corrected chi connectivity index (χ0v) is 11.1. The number of ether oxygens (including phenoxy) is 2. The predicted molar refractivity (Wildman–Crippen MR) is 67.7 cm³/mol. The van der Waals surface area contributed by atoms with Crippen molar-refractivity contribution < 1.29 is 19.1 Å². The van der Waals surface area contributed by atoms with Crippen LogP contribution >= 0.6 is 0 Å². The maximum Gasteiger partial charge on any atom is 0.244 e. The zero-order valence-electron chi connectivity index (χ0n) is 11.1. The molecule has 18 heavy (non-hydrogen) atoms.